The lowest BCUT2D eigenvalue weighted by Crippen LogP contribution is -2.58. The van der Waals surface area contributed by atoms with Gasteiger partial charge in [0.05, 0.1) is 35.8 Å². The van der Waals surface area contributed by atoms with Crippen molar-refractivity contribution in [3.05, 3.63) is 61.2 Å². The normalized spacial score (nSPS) is 28.6. The van der Waals surface area contributed by atoms with Gasteiger partial charge in [-0.25, -0.2) is 0 Å². The maximum absolute atomic E-state index is 14.5. The van der Waals surface area contributed by atoms with Crippen LogP contribution in [0.1, 0.15) is 51.5 Å². The summed E-state index contributed by atoms with van der Waals surface area (Å²) >= 11 is 1.63. The molecule has 8 heteroatoms. The van der Waals surface area contributed by atoms with E-state index in [2.05, 4.69) is 13.2 Å². The molecule has 3 saturated heterocycles. The summed E-state index contributed by atoms with van der Waals surface area (Å²) in [6.45, 7) is 12.4. The van der Waals surface area contributed by atoms with Crippen LogP contribution in [0.4, 0.5) is 0 Å². The first kappa shape index (κ1) is 29.4. The number of thioether (sulfide) groups is 1. The first-order valence-corrected chi connectivity index (χ1v) is 15.0. The Morgan fingerprint density at radius 3 is 2.67 bits per heavy atom. The summed E-state index contributed by atoms with van der Waals surface area (Å²) in [6, 6.07) is 8.50. The number of carbonyl (C=O) groups is 3. The van der Waals surface area contributed by atoms with E-state index >= 15 is 0 Å². The van der Waals surface area contributed by atoms with Gasteiger partial charge in [0.25, 0.3) is 0 Å². The Kier molecular flexibility index (Phi) is 9.60. The lowest BCUT2D eigenvalue weighted by atomic mass is 9.71. The number of hydrogen-bond donors (Lipinski definition) is 1. The summed E-state index contributed by atoms with van der Waals surface area (Å²) in [7, 11) is 0. The van der Waals surface area contributed by atoms with Gasteiger partial charge in [-0.1, -0.05) is 62.8 Å². The van der Waals surface area contributed by atoms with Crippen molar-refractivity contribution in [1.82, 2.24) is 9.80 Å². The highest BCUT2D eigenvalue weighted by molar-refractivity contribution is 8.02. The summed E-state index contributed by atoms with van der Waals surface area (Å²) < 4.78 is 4.93. The van der Waals surface area contributed by atoms with Crippen LogP contribution in [0.15, 0.2) is 55.6 Å². The molecule has 0 saturated carbocycles. The number of ether oxygens (including phenoxy) is 1. The minimum Gasteiger partial charge on any atom is -0.465 e. The molecule has 7 nitrogen and oxygen atoms in total. The van der Waals surface area contributed by atoms with Gasteiger partial charge in [0, 0.05) is 18.3 Å². The number of aliphatic hydroxyl groups is 1. The fourth-order valence-electron chi connectivity index (χ4n) is 6.67. The number of benzene rings is 1. The van der Waals surface area contributed by atoms with Gasteiger partial charge in [-0.2, -0.15) is 0 Å². The molecule has 7 atom stereocenters. The SMILES string of the molecule is C=CCCCOC(=O)[C@@H]1[C@@H]2CCC3(S2)C(C(=O)N(CC=C)Cc2ccccc2)N([C@@H](CO)[C@@H](C)CC)C(=O)[C@H]13. The van der Waals surface area contributed by atoms with Gasteiger partial charge in [0.2, 0.25) is 11.8 Å². The number of fused-ring (bicyclic) bond motifs is 1. The molecule has 1 aromatic rings. The molecule has 4 rings (SSSR count). The molecule has 1 spiro atoms. The first-order chi connectivity index (χ1) is 18.8. The number of unbranched alkanes of at least 4 members (excludes halogenated alkanes) is 1. The number of likely N-dealkylation sites (tertiary alicyclic amines) is 1. The van der Waals surface area contributed by atoms with Gasteiger partial charge in [0.15, 0.2) is 0 Å². The van der Waals surface area contributed by atoms with E-state index in [9.17, 15) is 19.5 Å². The fourth-order valence-corrected chi connectivity index (χ4v) is 8.86. The van der Waals surface area contributed by atoms with E-state index in [1.54, 1.807) is 33.7 Å². The molecule has 0 aliphatic carbocycles. The molecule has 2 amide bonds. The highest BCUT2D eigenvalue weighted by Gasteiger charge is 2.75. The third kappa shape index (κ3) is 5.42. The lowest BCUT2D eigenvalue weighted by molar-refractivity contribution is -0.155. The van der Waals surface area contributed by atoms with E-state index < -0.39 is 28.7 Å². The highest BCUT2D eigenvalue weighted by atomic mass is 32.2. The van der Waals surface area contributed by atoms with E-state index in [-0.39, 0.29) is 42.2 Å². The van der Waals surface area contributed by atoms with Crippen molar-refractivity contribution >= 4 is 29.5 Å². The van der Waals surface area contributed by atoms with Crippen molar-refractivity contribution < 1.29 is 24.2 Å². The van der Waals surface area contributed by atoms with Crippen LogP contribution >= 0.6 is 11.8 Å². The molecule has 212 valence electrons. The maximum Gasteiger partial charge on any atom is 0.310 e. The number of rotatable bonds is 14. The van der Waals surface area contributed by atoms with E-state index in [0.717, 1.165) is 24.8 Å². The van der Waals surface area contributed by atoms with E-state index in [1.807, 2.05) is 44.2 Å². The molecule has 0 aromatic heterocycles. The standard InChI is InChI=1S/C31H42N2O5S/c1-5-8-12-18-38-30(37)25-24-15-16-31(39-24)26(25)28(35)33(23(20-34)21(4)7-3)27(31)29(36)32(17-6-2)19-22-13-10-9-11-14-22/h5-6,9-11,13-14,21,23-27,34H,1-2,7-8,12,15-20H2,3-4H3/t21-,23-,24-,25+,26-,27?,31?/m0/s1. The topological polar surface area (TPSA) is 87.2 Å². The van der Waals surface area contributed by atoms with Gasteiger partial charge in [-0.15, -0.1) is 24.9 Å². The summed E-state index contributed by atoms with van der Waals surface area (Å²) in [4.78, 5) is 45.7. The maximum atomic E-state index is 14.5. The van der Waals surface area contributed by atoms with Crippen molar-refractivity contribution in [2.24, 2.45) is 17.8 Å². The van der Waals surface area contributed by atoms with Crippen LogP contribution in [0.3, 0.4) is 0 Å². The van der Waals surface area contributed by atoms with E-state index in [0.29, 0.717) is 25.9 Å². The summed E-state index contributed by atoms with van der Waals surface area (Å²) in [5.74, 6) is -1.93. The van der Waals surface area contributed by atoms with E-state index in [1.165, 1.54) is 0 Å². The smallest absolute Gasteiger partial charge is 0.310 e. The fraction of sp³-hybridized carbons (Fsp3) is 0.581. The number of carbonyl (C=O) groups excluding carboxylic acids is 3. The van der Waals surface area contributed by atoms with Crippen LogP contribution < -0.4 is 0 Å². The highest BCUT2D eigenvalue weighted by Crippen LogP contribution is 2.67. The Morgan fingerprint density at radius 1 is 1.28 bits per heavy atom. The van der Waals surface area contributed by atoms with Gasteiger partial charge >= 0.3 is 5.97 Å². The number of nitrogens with zero attached hydrogens (tertiary/aromatic N) is 2. The number of amides is 2. The van der Waals surface area contributed by atoms with Gasteiger partial charge in [-0.3, -0.25) is 14.4 Å². The van der Waals surface area contributed by atoms with Crippen LogP contribution in [0, 0.1) is 17.8 Å². The quantitative estimate of drug-likeness (QED) is 0.211. The van der Waals surface area contributed by atoms with Crippen molar-refractivity contribution in [2.45, 2.75) is 74.6 Å². The zero-order valence-corrected chi connectivity index (χ0v) is 24.0. The predicted octanol–water partition coefficient (Wildman–Crippen LogP) is 4.21. The van der Waals surface area contributed by atoms with Crippen molar-refractivity contribution in [1.29, 1.82) is 0 Å². The number of aliphatic hydroxyl groups excluding tert-OH is 1. The molecule has 1 aromatic carbocycles. The summed E-state index contributed by atoms with van der Waals surface area (Å²) in [5.41, 5.74) is 0.989. The summed E-state index contributed by atoms with van der Waals surface area (Å²) in [5, 5.41) is 10.5. The van der Waals surface area contributed by atoms with E-state index in [4.69, 9.17) is 4.74 Å². The van der Waals surface area contributed by atoms with Crippen LogP contribution in [0.5, 0.6) is 0 Å². The second-order valence-electron chi connectivity index (χ2n) is 11.0. The molecule has 2 unspecified atom stereocenters. The molecule has 39 heavy (non-hydrogen) atoms. The predicted molar refractivity (Wildman–Crippen MR) is 154 cm³/mol. The molecule has 3 fully saturated rings. The molecule has 2 bridgehead atoms. The Morgan fingerprint density at radius 2 is 2.03 bits per heavy atom. The number of allylic oxidation sites excluding steroid dienone is 1. The molecule has 1 N–H and O–H groups in total. The molecule has 0 radical (unpaired) electrons. The Hall–Kier alpha value is -2.58. The van der Waals surface area contributed by atoms with Crippen molar-refractivity contribution in [2.75, 3.05) is 19.8 Å². The zero-order valence-electron chi connectivity index (χ0n) is 23.2. The monoisotopic (exact) mass is 554 g/mol. The molecule has 3 aliphatic rings. The molecular formula is C31H42N2O5S. The zero-order chi connectivity index (χ0) is 28.2. The van der Waals surface area contributed by atoms with Gasteiger partial charge in [-0.05, 0) is 37.2 Å². The third-order valence-electron chi connectivity index (χ3n) is 8.76. The lowest BCUT2D eigenvalue weighted by Gasteiger charge is -2.41. The Labute approximate surface area is 236 Å². The van der Waals surface area contributed by atoms with Crippen molar-refractivity contribution in [3.63, 3.8) is 0 Å². The largest absolute Gasteiger partial charge is 0.465 e. The number of hydrogen-bond acceptors (Lipinski definition) is 6. The second-order valence-corrected chi connectivity index (χ2v) is 12.6. The van der Waals surface area contributed by atoms with Crippen LogP contribution in [0.2, 0.25) is 0 Å². The Balaban J connectivity index is 1.72. The van der Waals surface area contributed by atoms with Crippen molar-refractivity contribution in [3.8, 4) is 0 Å². The average Bonchev–Trinajstić information content (AvgIpc) is 3.59. The first-order valence-electron chi connectivity index (χ1n) is 14.2. The van der Waals surface area contributed by atoms with Gasteiger partial charge in [0.1, 0.15) is 6.04 Å². The minimum atomic E-state index is -0.765. The third-order valence-corrected chi connectivity index (χ3v) is 10.7. The van der Waals surface area contributed by atoms with Crippen LogP contribution in [-0.2, 0) is 25.7 Å². The Bertz CT molecular complexity index is 1060. The van der Waals surface area contributed by atoms with Gasteiger partial charge < -0.3 is 19.6 Å². The molecule has 3 heterocycles. The van der Waals surface area contributed by atoms with Crippen LogP contribution in [-0.4, -0.2) is 74.5 Å². The molecular weight excluding hydrogens is 512 g/mol. The minimum absolute atomic E-state index is 0.0158. The average molecular weight is 555 g/mol. The molecule has 3 aliphatic heterocycles. The number of esters is 1. The second kappa shape index (κ2) is 12.7. The summed E-state index contributed by atoms with van der Waals surface area (Å²) in [6.07, 6.45) is 7.12. The van der Waals surface area contributed by atoms with Crippen LogP contribution in [0.25, 0.3) is 0 Å².